The van der Waals surface area contributed by atoms with Crippen molar-refractivity contribution in [3.63, 3.8) is 0 Å². The van der Waals surface area contributed by atoms with Gasteiger partial charge in [-0.2, -0.15) is 0 Å². The average molecular weight is 357 g/mol. The van der Waals surface area contributed by atoms with E-state index >= 15 is 0 Å². The minimum absolute atomic E-state index is 0.0160. The molecule has 0 aliphatic carbocycles. The highest BCUT2D eigenvalue weighted by Gasteiger charge is 2.13. The maximum absolute atomic E-state index is 13.0. The van der Waals surface area contributed by atoms with Gasteiger partial charge in [0, 0.05) is 12.6 Å². The fourth-order valence-corrected chi connectivity index (χ4v) is 2.00. The van der Waals surface area contributed by atoms with E-state index in [9.17, 15) is 9.18 Å². The number of carbonyl (C=O) groups is 1. The second-order valence-corrected chi connectivity index (χ2v) is 5.62. The summed E-state index contributed by atoms with van der Waals surface area (Å²) in [6, 6.07) is 5.27. The van der Waals surface area contributed by atoms with E-state index in [1.165, 1.54) is 18.2 Å². The smallest absolute Gasteiger partial charge is 0.273 e. The summed E-state index contributed by atoms with van der Waals surface area (Å²) in [4.78, 5) is 11.9. The van der Waals surface area contributed by atoms with Crippen LogP contribution in [0.5, 0.6) is 5.75 Å². The molecule has 8 heteroatoms. The van der Waals surface area contributed by atoms with Gasteiger partial charge in [0.1, 0.15) is 18.2 Å². The minimum Gasteiger partial charge on any atom is -0.484 e. The van der Waals surface area contributed by atoms with E-state index < -0.39 is 5.82 Å². The first-order chi connectivity index (χ1) is 11.5. The monoisotopic (exact) mass is 356 g/mol. The van der Waals surface area contributed by atoms with Crippen molar-refractivity contribution in [2.45, 2.75) is 26.6 Å². The van der Waals surface area contributed by atoms with E-state index in [1.807, 2.05) is 13.8 Å². The second-order valence-electron chi connectivity index (χ2n) is 5.22. The van der Waals surface area contributed by atoms with E-state index in [0.717, 1.165) is 6.07 Å². The van der Waals surface area contributed by atoms with Crippen LogP contribution in [0.1, 0.15) is 30.1 Å². The van der Waals surface area contributed by atoms with Crippen molar-refractivity contribution in [2.75, 3.05) is 13.2 Å². The molecule has 0 atom stereocenters. The lowest BCUT2D eigenvalue weighted by Crippen LogP contribution is -2.28. The highest BCUT2D eigenvalue weighted by Crippen LogP contribution is 2.25. The number of amides is 1. The molecule has 0 bridgehead atoms. The van der Waals surface area contributed by atoms with Crippen LogP contribution in [-0.4, -0.2) is 30.3 Å². The number of nitrogens with zero attached hydrogens (tertiary/aromatic N) is 1. The van der Waals surface area contributed by atoms with Crippen molar-refractivity contribution in [1.29, 1.82) is 0 Å². The van der Waals surface area contributed by atoms with Gasteiger partial charge in [-0.1, -0.05) is 16.8 Å². The van der Waals surface area contributed by atoms with Gasteiger partial charge in [-0.3, -0.25) is 4.79 Å². The molecule has 0 fully saturated rings. The number of ether oxygens (including phenoxy) is 2. The van der Waals surface area contributed by atoms with Crippen LogP contribution >= 0.6 is 11.6 Å². The third-order valence-corrected chi connectivity index (χ3v) is 3.19. The molecule has 6 nitrogen and oxygen atoms in total. The van der Waals surface area contributed by atoms with Crippen molar-refractivity contribution in [1.82, 2.24) is 10.5 Å². The van der Waals surface area contributed by atoms with E-state index in [1.54, 1.807) is 0 Å². The number of halogens is 2. The molecule has 1 heterocycles. The van der Waals surface area contributed by atoms with Gasteiger partial charge < -0.3 is 19.3 Å². The Hall–Kier alpha value is -2.12. The van der Waals surface area contributed by atoms with Gasteiger partial charge in [0.15, 0.2) is 11.5 Å². The third-order valence-electron chi connectivity index (χ3n) is 2.89. The van der Waals surface area contributed by atoms with Crippen molar-refractivity contribution in [2.24, 2.45) is 0 Å². The molecule has 2 aromatic rings. The van der Waals surface area contributed by atoms with Gasteiger partial charge in [0.25, 0.3) is 5.91 Å². The predicted octanol–water partition coefficient (Wildman–Crippen LogP) is 3.20. The van der Waals surface area contributed by atoms with Crippen molar-refractivity contribution < 1.29 is 23.2 Å². The van der Waals surface area contributed by atoms with Crippen LogP contribution in [0, 0.1) is 5.82 Å². The number of carbonyl (C=O) groups excluding carboxylic acids is 1. The van der Waals surface area contributed by atoms with E-state index in [2.05, 4.69) is 10.5 Å². The SMILES string of the molecule is CC(C)OCCNC(=O)c1cc(COc2ccc(F)cc2Cl)on1. The summed E-state index contributed by atoms with van der Waals surface area (Å²) in [6.45, 7) is 4.64. The number of hydrogen-bond acceptors (Lipinski definition) is 5. The molecule has 0 saturated heterocycles. The highest BCUT2D eigenvalue weighted by atomic mass is 35.5. The second kappa shape index (κ2) is 8.65. The molecule has 0 aliphatic rings. The summed E-state index contributed by atoms with van der Waals surface area (Å²) in [5, 5.41) is 6.50. The Kier molecular flexibility index (Phi) is 6.57. The van der Waals surface area contributed by atoms with Gasteiger partial charge >= 0.3 is 0 Å². The van der Waals surface area contributed by atoms with Gasteiger partial charge in [-0.25, -0.2) is 4.39 Å². The Balaban J connectivity index is 1.83. The summed E-state index contributed by atoms with van der Waals surface area (Å²) >= 11 is 5.86. The van der Waals surface area contributed by atoms with E-state index in [4.69, 9.17) is 25.6 Å². The number of nitrogens with one attached hydrogen (secondary N) is 1. The molecular formula is C16H18ClFN2O4. The minimum atomic E-state index is -0.451. The van der Waals surface area contributed by atoms with E-state index in [-0.39, 0.29) is 29.3 Å². The summed E-state index contributed by atoms with van der Waals surface area (Å²) in [5.41, 5.74) is 0.142. The largest absolute Gasteiger partial charge is 0.484 e. The molecule has 1 aromatic carbocycles. The first-order valence-electron chi connectivity index (χ1n) is 7.39. The molecule has 0 radical (unpaired) electrons. The molecular weight excluding hydrogens is 339 g/mol. The Morgan fingerprint density at radius 1 is 1.42 bits per heavy atom. The Bertz CT molecular complexity index is 690. The van der Waals surface area contributed by atoms with Crippen LogP contribution in [-0.2, 0) is 11.3 Å². The fraction of sp³-hybridized carbons (Fsp3) is 0.375. The Labute approximate surface area is 143 Å². The number of rotatable bonds is 8. The first-order valence-corrected chi connectivity index (χ1v) is 7.76. The van der Waals surface area contributed by atoms with Crippen LogP contribution < -0.4 is 10.1 Å². The summed E-state index contributed by atoms with van der Waals surface area (Å²) in [6.07, 6.45) is 0.107. The molecule has 1 amide bonds. The van der Waals surface area contributed by atoms with Crippen LogP contribution in [0.2, 0.25) is 5.02 Å². The Morgan fingerprint density at radius 2 is 2.21 bits per heavy atom. The van der Waals surface area contributed by atoms with Gasteiger partial charge in [0.2, 0.25) is 0 Å². The van der Waals surface area contributed by atoms with Crippen LogP contribution in [0.4, 0.5) is 4.39 Å². The highest BCUT2D eigenvalue weighted by molar-refractivity contribution is 6.32. The maximum Gasteiger partial charge on any atom is 0.273 e. The first kappa shape index (κ1) is 18.2. The molecule has 0 aliphatic heterocycles. The topological polar surface area (TPSA) is 73.6 Å². The lowest BCUT2D eigenvalue weighted by molar-refractivity contribution is 0.0743. The quantitative estimate of drug-likeness (QED) is 0.735. The van der Waals surface area contributed by atoms with Crippen LogP contribution in [0.25, 0.3) is 0 Å². The normalized spacial score (nSPS) is 10.9. The predicted molar refractivity (Wildman–Crippen MR) is 85.7 cm³/mol. The standard InChI is InChI=1S/C16H18ClFN2O4/c1-10(2)22-6-5-19-16(21)14-8-12(24-20-14)9-23-15-4-3-11(18)7-13(15)17/h3-4,7-8,10H,5-6,9H2,1-2H3,(H,19,21). The molecule has 24 heavy (non-hydrogen) atoms. The lowest BCUT2D eigenvalue weighted by Gasteiger charge is -2.07. The third kappa shape index (κ3) is 5.50. The zero-order chi connectivity index (χ0) is 17.5. The molecule has 2 rings (SSSR count). The Morgan fingerprint density at radius 3 is 2.92 bits per heavy atom. The van der Waals surface area contributed by atoms with Crippen molar-refractivity contribution in [3.05, 3.63) is 46.6 Å². The van der Waals surface area contributed by atoms with Crippen molar-refractivity contribution in [3.8, 4) is 5.75 Å². The molecule has 130 valence electrons. The van der Waals surface area contributed by atoms with Crippen LogP contribution in [0.15, 0.2) is 28.8 Å². The van der Waals surface area contributed by atoms with Crippen LogP contribution in [0.3, 0.4) is 0 Å². The van der Waals surface area contributed by atoms with Gasteiger partial charge in [-0.05, 0) is 32.0 Å². The number of benzene rings is 1. The molecule has 1 aromatic heterocycles. The van der Waals surface area contributed by atoms with Gasteiger partial charge in [0.05, 0.1) is 17.7 Å². The number of aromatic nitrogens is 1. The average Bonchev–Trinajstić information content (AvgIpc) is 2.99. The lowest BCUT2D eigenvalue weighted by atomic mass is 10.3. The molecule has 0 spiro atoms. The zero-order valence-electron chi connectivity index (χ0n) is 13.3. The molecule has 1 N–H and O–H groups in total. The van der Waals surface area contributed by atoms with Gasteiger partial charge in [-0.15, -0.1) is 0 Å². The summed E-state index contributed by atoms with van der Waals surface area (Å²) < 4.78 is 28.7. The van der Waals surface area contributed by atoms with E-state index in [0.29, 0.717) is 24.7 Å². The maximum atomic E-state index is 13.0. The fourth-order valence-electron chi connectivity index (χ4n) is 1.78. The summed E-state index contributed by atoms with van der Waals surface area (Å²) in [7, 11) is 0. The molecule has 0 saturated carbocycles. The summed E-state index contributed by atoms with van der Waals surface area (Å²) in [5.74, 6) is -0.158. The zero-order valence-corrected chi connectivity index (χ0v) is 14.1. The van der Waals surface area contributed by atoms with Crippen molar-refractivity contribution >= 4 is 17.5 Å². The number of hydrogen-bond donors (Lipinski definition) is 1. The molecule has 0 unspecified atom stereocenters.